The number of anilines is 1. The summed E-state index contributed by atoms with van der Waals surface area (Å²) in [5.74, 6) is 0.802. The molecule has 0 saturated heterocycles. The molecule has 3 rings (SSSR count). The molecule has 30 heavy (non-hydrogen) atoms. The first-order chi connectivity index (χ1) is 14.4. The monoisotopic (exact) mass is 412 g/mol. The number of carbonyl (C=O) groups is 2. The fourth-order valence-corrected chi connectivity index (χ4v) is 3.87. The Morgan fingerprint density at radius 2 is 1.77 bits per heavy atom. The number of hydrogen-bond acceptors (Lipinski definition) is 5. The van der Waals surface area contributed by atoms with Crippen molar-refractivity contribution < 1.29 is 23.8 Å². The Labute approximate surface area is 176 Å². The van der Waals surface area contributed by atoms with E-state index in [4.69, 9.17) is 14.2 Å². The van der Waals surface area contributed by atoms with Crippen molar-refractivity contribution in [3.8, 4) is 11.5 Å². The van der Waals surface area contributed by atoms with Gasteiger partial charge in [0.05, 0.1) is 33.8 Å². The highest BCUT2D eigenvalue weighted by molar-refractivity contribution is 5.91. The first-order valence-corrected chi connectivity index (χ1v) is 9.84. The van der Waals surface area contributed by atoms with Gasteiger partial charge in [0.15, 0.2) is 11.5 Å². The molecule has 0 bridgehead atoms. The third-order valence-electron chi connectivity index (χ3n) is 5.47. The first kappa shape index (κ1) is 21.5. The molecule has 1 N–H and O–H groups in total. The number of methoxy groups -OCH3 is 3. The number of ether oxygens (including phenoxy) is 3. The van der Waals surface area contributed by atoms with E-state index in [1.807, 2.05) is 44.2 Å². The molecule has 1 aliphatic heterocycles. The van der Waals surface area contributed by atoms with Crippen molar-refractivity contribution in [3.05, 3.63) is 52.6 Å². The molecule has 0 unspecified atom stereocenters. The van der Waals surface area contributed by atoms with Gasteiger partial charge in [0.25, 0.3) is 0 Å². The number of carbonyl (C=O) groups excluding carboxylic acids is 2. The molecule has 0 radical (unpaired) electrons. The number of nitrogens with one attached hydrogen (secondary N) is 1. The zero-order valence-corrected chi connectivity index (χ0v) is 18.1. The maximum atomic E-state index is 13.2. The number of hydrogen-bond donors (Lipinski definition) is 1. The van der Waals surface area contributed by atoms with Gasteiger partial charge < -0.3 is 24.4 Å². The predicted molar refractivity (Wildman–Crippen MR) is 114 cm³/mol. The Morgan fingerprint density at radius 1 is 1.07 bits per heavy atom. The Bertz CT molecular complexity index is 957. The van der Waals surface area contributed by atoms with Crippen molar-refractivity contribution in [2.75, 3.05) is 33.2 Å². The second-order valence-electron chi connectivity index (χ2n) is 7.39. The smallest absolute Gasteiger partial charge is 0.322 e. The van der Waals surface area contributed by atoms with Crippen LogP contribution in [0.3, 0.4) is 0 Å². The van der Waals surface area contributed by atoms with E-state index in [1.165, 1.54) is 7.11 Å². The largest absolute Gasteiger partial charge is 0.493 e. The van der Waals surface area contributed by atoms with Crippen molar-refractivity contribution in [2.24, 2.45) is 0 Å². The Hall–Kier alpha value is -3.22. The van der Waals surface area contributed by atoms with Crippen LogP contribution in [0.25, 0.3) is 0 Å². The van der Waals surface area contributed by atoms with Gasteiger partial charge >= 0.3 is 12.0 Å². The molecule has 2 amide bonds. The van der Waals surface area contributed by atoms with Crippen molar-refractivity contribution in [3.63, 3.8) is 0 Å². The van der Waals surface area contributed by atoms with Crippen LogP contribution in [0.5, 0.6) is 11.5 Å². The summed E-state index contributed by atoms with van der Waals surface area (Å²) in [6.07, 6.45) is 0.701. The van der Waals surface area contributed by atoms with Crippen molar-refractivity contribution in [1.29, 1.82) is 0 Å². The third-order valence-corrected chi connectivity index (χ3v) is 5.47. The van der Waals surface area contributed by atoms with Gasteiger partial charge in [0.2, 0.25) is 0 Å². The highest BCUT2D eigenvalue weighted by Gasteiger charge is 2.34. The van der Waals surface area contributed by atoms with Gasteiger partial charge in [-0.3, -0.25) is 4.79 Å². The molecular weight excluding hydrogens is 384 g/mol. The summed E-state index contributed by atoms with van der Waals surface area (Å²) in [4.78, 5) is 27.0. The van der Waals surface area contributed by atoms with Crippen LogP contribution in [-0.4, -0.2) is 44.8 Å². The molecule has 0 fully saturated rings. The third kappa shape index (κ3) is 4.35. The van der Waals surface area contributed by atoms with E-state index in [-0.39, 0.29) is 18.4 Å². The predicted octanol–water partition coefficient (Wildman–Crippen LogP) is 4.02. The van der Waals surface area contributed by atoms with E-state index < -0.39 is 6.04 Å². The molecule has 0 aromatic heterocycles. The minimum Gasteiger partial charge on any atom is -0.493 e. The maximum Gasteiger partial charge on any atom is 0.322 e. The standard InChI is InChI=1S/C23H28N2O5/c1-14-6-7-18(15(2)10-14)24-23(27)25-9-8-16-11-20(28-3)21(29-4)12-17(16)19(25)13-22(26)30-5/h6-7,10-12,19H,8-9,13H2,1-5H3,(H,24,27)/t19-/m0/s1. The van der Waals surface area contributed by atoms with Crippen LogP contribution in [0.4, 0.5) is 10.5 Å². The van der Waals surface area contributed by atoms with E-state index in [0.717, 1.165) is 27.9 Å². The van der Waals surface area contributed by atoms with Gasteiger partial charge in [-0.2, -0.15) is 0 Å². The lowest BCUT2D eigenvalue weighted by Crippen LogP contribution is -2.43. The molecule has 1 aliphatic rings. The molecule has 1 heterocycles. The zero-order chi connectivity index (χ0) is 21.8. The van der Waals surface area contributed by atoms with E-state index in [9.17, 15) is 9.59 Å². The van der Waals surface area contributed by atoms with Gasteiger partial charge in [-0.15, -0.1) is 0 Å². The van der Waals surface area contributed by atoms with Gasteiger partial charge in [0.1, 0.15) is 0 Å². The van der Waals surface area contributed by atoms with E-state index in [0.29, 0.717) is 24.5 Å². The number of aryl methyl sites for hydroxylation is 2. The van der Waals surface area contributed by atoms with Crippen LogP contribution in [0, 0.1) is 13.8 Å². The van der Waals surface area contributed by atoms with Crippen molar-refractivity contribution >= 4 is 17.7 Å². The molecule has 0 aliphatic carbocycles. The van der Waals surface area contributed by atoms with Gasteiger partial charge in [-0.05, 0) is 55.2 Å². The summed E-state index contributed by atoms with van der Waals surface area (Å²) in [7, 11) is 4.50. The quantitative estimate of drug-likeness (QED) is 0.751. The van der Waals surface area contributed by atoms with E-state index in [2.05, 4.69) is 5.32 Å². The summed E-state index contributed by atoms with van der Waals surface area (Å²) in [6, 6.07) is 8.91. The number of urea groups is 1. The second-order valence-corrected chi connectivity index (χ2v) is 7.39. The van der Waals surface area contributed by atoms with Crippen LogP contribution in [0.15, 0.2) is 30.3 Å². The highest BCUT2D eigenvalue weighted by Crippen LogP contribution is 2.39. The van der Waals surface area contributed by atoms with Crippen LogP contribution in [0.1, 0.15) is 34.7 Å². The molecule has 7 heteroatoms. The van der Waals surface area contributed by atoms with Crippen LogP contribution in [-0.2, 0) is 16.0 Å². The molecule has 0 spiro atoms. The first-order valence-electron chi connectivity index (χ1n) is 9.84. The number of nitrogens with zero attached hydrogens (tertiary/aromatic N) is 1. The minimum absolute atomic E-state index is 0.0548. The summed E-state index contributed by atoms with van der Waals surface area (Å²) >= 11 is 0. The summed E-state index contributed by atoms with van der Waals surface area (Å²) < 4.78 is 15.7. The van der Waals surface area contributed by atoms with Crippen molar-refractivity contribution in [1.82, 2.24) is 4.90 Å². The Kier molecular flexibility index (Phi) is 6.50. The highest BCUT2D eigenvalue weighted by atomic mass is 16.5. The topological polar surface area (TPSA) is 77.1 Å². The minimum atomic E-state index is -0.466. The molecule has 160 valence electrons. The fourth-order valence-electron chi connectivity index (χ4n) is 3.87. The summed E-state index contributed by atoms with van der Waals surface area (Å²) in [6.45, 7) is 4.44. The molecule has 1 atom stereocenters. The lowest BCUT2D eigenvalue weighted by molar-refractivity contribution is -0.141. The lowest BCUT2D eigenvalue weighted by atomic mass is 9.90. The summed E-state index contributed by atoms with van der Waals surface area (Å²) in [5.41, 5.74) is 4.75. The lowest BCUT2D eigenvalue weighted by Gasteiger charge is -2.37. The molecular formula is C23H28N2O5. The fraction of sp³-hybridized carbons (Fsp3) is 0.391. The van der Waals surface area contributed by atoms with Gasteiger partial charge in [0, 0.05) is 12.2 Å². The molecule has 0 saturated carbocycles. The van der Waals surface area contributed by atoms with E-state index >= 15 is 0 Å². The van der Waals surface area contributed by atoms with Gasteiger partial charge in [-0.1, -0.05) is 17.7 Å². The Morgan fingerprint density at radius 3 is 2.40 bits per heavy atom. The number of amides is 2. The van der Waals surface area contributed by atoms with Crippen LogP contribution in [0.2, 0.25) is 0 Å². The van der Waals surface area contributed by atoms with Crippen molar-refractivity contribution in [2.45, 2.75) is 32.7 Å². The average molecular weight is 412 g/mol. The molecule has 2 aromatic rings. The number of esters is 1. The van der Waals surface area contributed by atoms with Crippen LogP contribution < -0.4 is 14.8 Å². The number of rotatable bonds is 5. The van der Waals surface area contributed by atoms with Crippen LogP contribution >= 0.6 is 0 Å². The number of benzene rings is 2. The molecule has 7 nitrogen and oxygen atoms in total. The molecule has 2 aromatic carbocycles. The van der Waals surface area contributed by atoms with Gasteiger partial charge in [-0.25, -0.2) is 4.79 Å². The number of fused-ring (bicyclic) bond motifs is 1. The normalized spacial score (nSPS) is 15.2. The average Bonchev–Trinajstić information content (AvgIpc) is 2.74. The van der Waals surface area contributed by atoms with E-state index in [1.54, 1.807) is 19.1 Å². The zero-order valence-electron chi connectivity index (χ0n) is 18.1. The second kappa shape index (κ2) is 9.07. The Balaban J connectivity index is 1.95. The SMILES string of the molecule is COC(=O)C[C@H]1c2cc(OC)c(OC)cc2CCN1C(=O)Nc1ccc(C)cc1C. The summed E-state index contributed by atoms with van der Waals surface area (Å²) in [5, 5.41) is 2.99. The maximum absolute atomic E-state index is 13.2.